The van der Waals surface area contributed by atoms with Crippen LogP contribution in [0, 0.1) is 0 Å². The van der Waals surface area contributed by atoms with Gasteiger partial charge >= 0.3 is 6.18 Å². The van der Waals surface area contributed by atoms with Crippen LogP contribution < -0.4 is 5.32 Å². The summed E-state index contributed by atoms with van der Waals surface area (Å²) < 4.78 is 43.4. The Hall–Kier alpha value is -0.330. The third kappa shape index (κ3) is 8.74. The first-order valence-electron chi connectivity index (χ1n) is 8.23. The Kier molecular flexibility index (Phi) is 12.0. The van der Waals surface area contributed by atoms with Crippen molar-refractivity contribution >= 4 is 29.9 Å². The summed E-state index contributed by atoms with van der Waals surface area (Å²) in [6.07, 6.45) is -4.17. The molecule has 1 unspecified atom stereocenters. The standard InChI is InChI=1S/C15H30F3N5O.HI/c1-13(15(16,17)18)22-7-9-23(10-8-22)14(19-2)20-5-6-21(3)11-12-24-4;/h13H,5-12H2,1-4H3,(H,19,20);1H. The van der Waals surface area contributed by atoms with Gasteiger partial charge in [-0.15, -0.1) is 24.0 Å². The smallest absolute Gasteiger partial charge is 0.383 e. The number of ether oxygens (including phenoxy) is 1. The molecule has 1 atom stereocenters. The molecule has 1 aliphatic heterocycles. The van der Waals surface area contributed by atoms with Gasteiger partial charge in [0.05, 0.1) is 6.61 Å². The molecule has 1 heterocycles. The number of halogens is 4. The number of likely N-dealkylation sites (N-methyl/N-ethyl adjacent to an activating group) is 1. The molecule has 0 radical (unpaired) electrons. The summed E-state index contributed by atoms with van der Waals surface area (Å²) in [6.45, 7) is 6.18. The Labute approximate surface area is 165 Å². The number of hydrogen-bond donors (Lipinski definition) is 1. The average Bonchev–Trinajstić information content (AvgIpc) is 2.55. The lowest BCUT2D eigenvalue weighted by atomic mass is 10.2. The number of rotatable bonds is 7. The van der Waals surface area contributed by atoms with Gasteiger partial charge in [0.25, 0.3) is 0 Å². The maximum Gasteiger partial charge on any atom is 0.403 e. The summed E-state index contributed by atoms with van der Waals surface area (Å²) in [5, 5.41) is 3.27. The van der Waals surface area contributed by atoms with Gasteiger partial charge in [0, 0.05) is 60.0 Å². The van der Waals surface area contributed by atoms with Crippen molar-refractivity contribution in [2.24, 2.45) is 4.99 Å². The minimum atomic E-state index is -4.17. The molecule has 0 aliphatic carbocycles. The van der Waals surface area contributed by atoms with Crippen LogP contribution in [0.3, 0.4) is 0 Å². The number of hydrogen-bond acceptors (Lipinski definition) is 4. The van der Waals surface area contributed by atoms with Crippen LogP contribution in [0.2, 0.25) is 0 Å². The van der Waals surface area contributed by atoms with E-state index < -0.39 is 12.2 Å². The Morgan fingerprint density at radius 1 is 1.24 bits per heavy atom. The second-order valence-corrected chi connectivity index (χ2v) is 6.01. The van der Waals surface area contributed by atoms with E-state index in [1.807, 2.05) is 11.9 Å². The zero-order valence-corrected chi connectivity index (χ0v) is 17.8. The van der Waals surface area contributed by atoms with Crippen LogP contribution in [0.5, 0.6) is 0 Å². The van der Waals surface area contributed by atoms with Gasteiger partial charge in [0.2, 0.25) is 0 Å². The minimum absolute atomic E-state index is 0. The quantitative estimate of drug-likeness (QED) is 0.338. The second kappa shape index (κ2) is 12.1. The molecule has 10 heteroatoms. The molecule has 0 spiro atoms. The molecule has 1 N–H and O–H groups in total. The number of nitrogens with one attached hydrogen (secondary N) is 1. The molecule has 1 rings (SSSR count). The van der Waals surface area contributed by atoms with Crippen LogP contribution in [0.15, 0.2) is 4.99 Å². The van der Waals surface area contributed by atoms with Gasteiger partial charge in [0.1, 0.15) is 6.04 Å². The predicted octanol–water partition coefficient (Wildman–Crippen LogP) is 1.33. The van der Waals surface area contributed by atoms with E-state index in [1.165, 1.54) is 11.8 Å². The van der Waals surface area contributed by atoms with Gasteiger partial charge in [-0.2, -0.15) is 13.2 Å². The van der Waals surface area contributed by atoms with Crippen molar-refractivity contribution < 1.29 is 17.9 Å². The first kappa shape index (κ1) is 24.7. The van der Waals surface area contributed by atoms with Gasteiger partial charge < -0.3 is 19.9 Å². The van der Waals surface area contributed by atoms with E-state index in [0.29, 0.717) is 32.8 Å². The Morgan fingerprint density at radius 2 is 1.84 bits per heavy atom. The fourth-order valence-electron chi connectivity index (χ4n) is 2.58. The average molecular weight is 481 g/mol. The summed E-state index contributed by atoms with van der Waals surface area (Å²) in [5.74, 6) is 0.745. The number of guanidine groups is 1. The molecule has 25 heavy (non-hydrogen) atoms. The predicted molar refractivity (Wildman–Crippen MR) is 105 cm³/mol. The van der Waals surface area contributed by atoms with Gasteiger partial charge in [0.15, 0.2) is 5.96 Å². The van der Waals surface area contributed by atoms with Gasteiger partial charge in [-0.3, -0.25) is 9.89 Å². The van der Waals surface area contributed by atoms with Crippen LogP contribution in [-0.2, 0) is 4.74 Å². The fraction of sp³-hybridized carbons (Fsp3) is 0.933. The minimum Gasteiger partial charge on any atom is -0.383 e. The summed E-state index contributed by atoms with van der Waals surface area (Å²) in [5.41, 5.74) is 0. The normalized spacial score (nSPS) is 18.2. The van der Waals surface area contributed by atoms with E-state index in [4.69, 9.17) is 4.74 Å². The van der Waals surface area contributed by atoms with Gasteiger partial charge in [-0.1, -0.05) is 0 Å². The van der Waals surface area contributed by atoms with Crippen molar-refractivity contribution in [2.45, 2.75) is 19.1 Å². The summed E-state index contributed by atoms with van der Waals surface area (Å²) in [7, 11) is 5.38. The van der Waals surface area contributed by atoms with Crippen molar-refractivity contribution in [3.8, 4) is 0 Å². The largest absolute Gasteiger partial charge is 0.403 e. The highest BCUT2D eigenvalue weighted by Crippen LogP contribution is 2.25. The first-order valence-corrected chi connectivity index (χ1v) is 8.23. The molecule has 0 aromatic rings. The summed E-state index contributed by atoms with van der Waals surface area (Å²) >= 11 is 0. The molecule has 0 saturated carbocycles. The van der Waals surface area contributed by atoms with Crippen molar-refractivity contribution in [2.75, 3.05) is 73.6 Å². The number of aliphatic imine (C=N–C) groups is 1. The molecule has 0 amide bonds. The van der Waals surface area contributed by atoms with E-state index in [2.05, 4.69) is 15.2 Å². The highest BCUT2D eigenvalue weighted by molar-refractivity contribution is 14.0. The van der Waals surface area contributed by atoms with Crippen LogP contribution in [-0.4, -0.2) is 107 Å². The lowest BCUT2D eigenvalue weighted by Gasteiger charge is -2.39. The SMILES string of the molecule is CN=C(NCCN(C)CCOC)N1CCN(C(C)C(F)(F)F)CC1.I. The third-order valence-corrected chi connectivity index (χ3v) is 4.30. The van der Waals surface area contributed by atoms with E-state index >= 15 is 0 Å². The highest BCUT2D eigenvalue weighted by atomic mass is 127. The number of piperazine rings is 1. The first-order chi connectivity index (χ1) is 11.3. The van der Waals surface area contributed by atoms with Crippen LogP contribution in [0.1, 0.15) is 6.92 Å². The van der Waals surface area contributed by atoms with Crippen LogP contribution in [0.25, 0.3) is 0 Å². The lowest BCUT2D eigenvalue weighted by molar-refractivity contribution is -0.181. The third-order valence-electron chi connectivity index (χ3n) is 4.30. The van der Waals surface area contributed by atoms with E-state index in [9.17, 15) is 13.2 Å². The number of alkyl halides is 3. The maximum absolute atomic E-state index is 12.8. The van der Waals surface area contributed by atoms with Gasteiger partial charge in [-0.25, -0.2) is 0 Å². The van der Waals surface area contributed by atoms with Crippen molar-refractivity contribution in [1.29, 1.82) is 0 Å². The molecule has 0 bridgehead atoms. The van der Waals surface area contributed by atoms with Crippen molar-refractivity contribution in [3.05, 3.63) is 0 Å². The molecule has 6 nitrogen and oxygen atoms in total. The topological polar surface area (TPSA) is 43.3 Å². The summed E-state index contributed by atoms with van der Waals surface area (Å²) in [6, 6.07) is -1.40. The van der Waals surface area contributed by atoms with Crippen molar-refractivity contribution in [3.63, 3.8) is 0 Å². The van der Waals surface area contributed by atoms with E-state index in [0.717, 1.165) is 25.6 Å². The zero-order chi connectivity index (χ0) is 18.2. The monoisotopic (exact) mass is 481 g/mol. The molecular weight excluding hydrogens is 450 g/mol. The number of nitrogens with zero attached hydrogens (tertiary/aromatic N) is 4. The van der Waals surface area contributed by atoms with E-state index in [-0.39, 0.29) is 24.0 Å². The second-order valence-electron chi connectivity index (χ2n) is 6.01. The van der Waals surface area contributed by atoms with Crippen molar-refractivity contribution in [1.82, 2.24) is 20.0 Å². The molecule has 150 valence electrons. The highest BCUT2D eigenvalue weighted by Gasteiger charge is 2.41. The zero-order valence-electron chi connectivity index (χ0n) is 15.5. The number of methoxy groups -OCH3 is 1. The summed E-state index contributed by atoms with van der Waals surface area (Å²) in [4.78, 5) is 9.87. The van der Waals surface area contributed by atoms with Crippen LogP contribution in [0.4, 0.5) is 13.2 Å². The molecule has 1 saturated heterocycles. The Balaban J connectivity index is 0.00000576. The Morgan fingerprint density at radius 3 is 2.32 bits per heavy atom. The molecule has 1 fully saturated rings. The van der Waals surface area contributed by atoms with Gasteiger partial charge in [-0.05, 0) is 14.0 Å². The molecular formula is C15H31F3IN5O. The molecule has 0 aromatic heterocycles. The maximum atomic E-state index is 12.8. The molecule has 0 aromatic carbocycles. The fourth-order valence-corrected chi connectivity index (χ4v) is 2.58. The van der Waals surface area contributed by atoms with E-state index in [1.54, 1.807) is 14.2 Å². The lowest BCUT2D eigenvalue weighted by Crippen LogP contribution is -2.57. The molecule has 1 aliphatic rings. The van der Waals surface area contributed by atoms with Crippen LogP contribution >= 0.6 is 24.0 Å². The Bertz CT molecular complexity index is 390.